The standard InChI is InChI=1S/C14H20O4/c1-6-7(2)11(15)8(3)13-9(4)12(16)10(5)14(17)18-13/h7-8,16H,6H2,1-5H3/t7-,8+/m0/s1. The minimum Gasteiger partial charge on any atom is -0.507 e. The Morgan fingerprint density at radius 2 is 1.83 bits per heavy atom. The topological polar surface area (TPSA) is 67.5 Å². The largest absolute Gasteiger partial charge is 0.507 e. The molecule has 1 heterocycles. The van der Waals surface area contributed by atoms with E-state index in [1.54, 1.807) is 13.8 Å². The first-order valence-corrected chi connectivity index (χ1v) is 6.18. The third kappa shape index (κ3) is 2.47. The van der Waals surface area contributed by atoms with Crippen LogP contribution in [0.4, 0.5) is 0 Å². The molecule has 0 fully saturated rings. The summed E-state index contributed by atoms with van der Waals surface area (Å²) in [6, 6.07) is 0. The van der Waals surface area contributed by atoms with Crippen LogP contribution in [0.2, 0.25) is 0 Å². The van der Waals surface area contributed by atoms with Gasteiger partial charge in [-0.15, -0.1) is 0 Å². The van der Waals surface area contributed by atoms with Crippen molar-refractivity contribution in [3.05, 3.63) is 27.3 Å². The number of rotatable bonds is 4. The van der Waals surface area contributed by atoms with Crippen LogP contribution in [0.25, 0.3) is 0 Å². The highest BCUT2D eigenvalue weighted by molar-refractivity contribution is 5.87. The summed E-state index contributed by atoms with van der Waals surface area (Å²) in [5.74, 6) is -0.391. The molecule has 0 aliphatic rings. The summed E-state index contributed by atoms with van der Waals surface area (Å²) >= 11 is 0. The van der Waals surface area contributed by atoms with Gasteiger partial charge in [-0.05, 0) is 27.2 Å². The first kappa shape index (κ1) is 14.5. The highest BCUT2D eigenvalue weighted by Crippen LogP contribution is 2.29. The minimum absolute atomic E-state index is 0.0204. The molecule has 0 aromatic carbocycles. The quantitative estimate of drug-likeness (QED) is 0.894. The molecule has 0 amide bonds. The summed E-state index contributed by atoms with van der Waals surface area (Å²) in [5.41, 5.74) is 0.0626. The number of carbonyl (C=O) groups is 1. The lowest BCUT2D eigenvalue weighted by molar-refractivity contribution is -0.123. The van der Waals surface area contributed by atoms with Crippen LogP contribution in [0.1, 0.15) is 50.0 Å². The Morgan fingerprint density at radius 1 is 1.28 bits per heavy atom. The van der Waals surface area contributed by atoms with Gasteiger partial charge < -0.3 is 9.52 Å². The van der Waals surface area contributed by atoms with Gasteiger partial charge in [0.2, 0.25) is 0 Å². The lowest BCUT2D eigenvalue weighted by atomic mass is 9.90. The van der Waals surface area contributed by atoms with E-state index in [2.05, 4.69) is 0 Å². The van der Waals surface area contributed by atoms with Crippen molar-refractivity contribution in [3.63, 3.8) is 0 Å². The van der Waals surface area contributed by atoms with Gasteiger partial charge in [0.1, 0.15) is 17.3 Å². The summed E-state index contributed by atoms with van der Waals surface area (Å²) in [6.07, 6.45) is 0.740. The second kappa shape index (κ2) is 5.38. The molecule has 0 saturated carbocycles. The third-order valence-corrected chi connectivity index (χ3v) is 3.51. The molecule has 0 aliphatic carbocycles. The Morgan fingerprint density at radius 3 is 2.33 bits per heavy atom. The summed E-state index contributed by atoms with van der Waals surface area (Å²) in [6.45, 7) is 8.64. The lowest BCUT2D eigenvalue weighted by Crippen LogP contribution is -2.20. The highest BCUT2D eigenvalue weighted by atomic mass is 16.4. The predicted molar refractivity (Wildman–Crippen MR) is 69.0 cm³/mol. The second-order valence-corrected chi connectivity index (χ2v) is 4.79. The van der Waals surface area contributed by atoms with Gasteiger partial charge in [0, 0.05) is 11.5 Å². The first-order chi connectivity index (χ1) is 8.31. The van der Waals surface area contributed by atoms with Crippen molar-refractivity contribution in [2.24, 2.45) is 5.92 Å². The molecule has 0 saturated heterocycles. The Balaban J connectivity index is 3.27. The maximum absolute atomic E-state index is 12.1. The van der Waals surface area contributed by atoms with E-state index < -0.39 is 11.5 Å². The molecule has 0 radical (unpaired) electrons. The molecule has 100 valence electrons. The van der Waals surface area contributed by atoms with Crippen LogP contribution in [0.15, 0.2) is 9.21 Å². The maximum Gasteiger partial charge on any atom is 0.342 e. The fraction of sp³-hybridized carbons (Fsp3) is 0.571. The van der Waals surface area contributed by atoms with Crippen molar-refractivity contribution in [2.45, 2.75) is 47.0 Å². The van der Waals surface area contributed by atoms with Crippen molar-refractivity contribution >= 4 is 5.78 Å². The van der Waals surface area contributed by atoms with Gasteiger partial charge in [-0.1, -0.05) is 13.8 Å². The smallest absolute Gasteiger partial charge is 0.342 e. The molecule has 4 nitrogen and oxygen atoms in total. The SMILES string of the molecule is CC[C@H](C)C(=O)[C@@H](C)c1oc(=O)c(C)c(O)c1C. The summed E-state index contributed by atoms with van der Waals surface area (Å²) < 4.78 is 5.16. The van der Waals surface area contributed by atoms with E-state index in [1.165, 1.54) is 6.92 Å². The second-order valence-electron chi connectivity index (χ2n) is 4.79. The molecule has 4 heteroatoms. The van der Waals surface area contributed by atoms with Crippen LogP contribution in [0, 0.1) is 19.8 Å². The van der Waals surface area contributed by atoms with Crippen molar-refractivity contribution in [2.75, 3.05) is 0 Å². The Labute approximate surface area is 107 Å². The molecule has 1 aromatic rings. The maximum atomic E-state index is 12.1. The average Bonchev–Trinajstić information content (AvgIpc) is 2.37. The van der Waals surface area contributed by atoms with Crippen molar-refractivity contribution in [1.82, 2.24) is 0 Å². The number of hydrogen-bond acceptors (Lipinski definition) is 4. The number of carbonyl (C=O) groups excluding carboxylic acids is 1. The molecule has 0 bridgehead atoms. The van der Waals surface area contributed by atoms with Crippen molar-refractivity contribution < 1.29 is 14.3 Å². The summed E-state index contributed by atoms with van der Waals surface area (Å²) in [4.78, 5) is 23.6. The van der Waals surface area contributed by atoms with Gasteiger partial charge in [0.25, 0.3) is 0 Å². The molecule has 18 heavy (non-hydrogen) atoms. The van der Waals surface area contributed by atoms with Gasteiger partial charge in [-0.3, -0.25) is 4.79 Å². The van der Waals surface area contributed by atoms with E-state index in [0.717, 1.165) is 6.42 Å². The van der Waals surface area contributed by atoms with E-state index >= 15 is 0 Å². The lowest BCUT2D eigenvalue weighted by Gasteiger charge is -2.16. The van der Waals surface area contributed by atoms with Gasteiger partial charge >= 0.3 is 5.63 Å². The first-order valence-electron chi connectivity index (χ1n) is 6.18. The highest BCUT2D eigenvalue weighted by Gasteiger charge is 2.26. The van der Waals surface area contributed by atoms with Crippen LogP contribution < -0.4 is 5.63 Å². The van der Waals surface area contributed by atoms with Crippen LogP contribution in [0.5, 0.6) is 5.75 Å². The predicted octanol–water partition coefficient (Wildman–Crippen LogP) is 2.68. The molecule has 2 atom stereocenters. The van der Waals surface area contributed by atoms with Crippen LogP contribution in [0.3, 0.4) is 0 Å². The van der Waals surface area contributed by atoms with Crippen LogP contribution >= 0.6 is 0 Å². The Hall–Kier alpha value is -1.58. The fourth-order valence-electron chi connectivity index (χ4n) is 1.92. The number of aromatic hydroxyl groups is 1. The minimum atomic E-state index is -0.586. The van der Waals surface area contributed by atoms with Crippen molar-refractivity contribution in [3.8, 4) is 5.75 Å². The molecule has 1 aromatic heterocycles. The average molecular weight is 252 g/mol. The molecular weight excluding hydrogens is 232 g/mol. The zero-order chi connectivity index (χ0) is 14.0. The third-order valence-electron chi connectivity index (χ3n) is 3.51. The summed E-state index contributed by atoms with van der Waals surface area (Å²) in [5, 5.41) is 9.82. The van der Waals surface area contributed by atoms with Gasteiger partial charge in [0.15, 0.2) is 0 Å². The zero-order valence-electron chi connectivity index (χ0n) is 11.5. The monoisotopic (exact) mass is 252 g/mol. The molecule has 0 spiro atoms. The van der Waals surface area contributed by atoms with E-state index in [-0.39, 0.29) is 28.8 Å². The number of Topliss-reactive ketones (excluding diaryl/α,β-unsaturated/α-hetero) is 1. The molecule has 0 unspecified atom stereocenters. The van der Waals surface area contributed by atoms with Gasteiger partial charge in [0.05, 0.1) is 11.5 Å². The summed E-state index contributed by atoms with van der Waals surface area (Å²) in [7, 11) is 0. The van der Waals surface area contributed by atoms with E-state index in [9.17, 15) is 14.7 Å². The molecule has 1 N–H and O–H groups in total. The van der Waals surface area contributed by atoms with E-state index in [0.29, 0.717) is 5.56 Å². The van der Waals surface area contributed by atoms with Crippen LogP contribution in [-0.2, 0) is 4.79 Å². The van der Waals surface area contributed by atoms with Crippen molar-refractivity contribution in [1.29, 1.82) is 0 Å². The zero-order valence-corrected chi connectivity index (χ0v) is 11.5. The van der Waals surface area contributed by atoms with Gasteiger partial charge in [-0.25, -0.2) is 4.79 Å². The normalized spacial score (nSPS) is 14.3. The number of ketones is 1. The number of hydrogen-bond donors (Lipinski definition) is 1. The van der Waals surface area contributed by atoms with Gasteiger partial charge in [-0.2, -0.15) is 0 Å². The Kier molecular flexibility index (Phi) is 4.33. The molecule has 1 rings (SSSR count). The Bertz CT molecular complexity index is 513. The van der Waals surface area contributed by atoms with E-state index in [4.69, 9.17) is 4.42 Å². The van der Waals surface area contributed by atoms with E-state index in [1.807, 2.05) is 13.8 Å². The fourth-order valence-corrected chi connectivity index (χ4v) is 1.92. The van der Waals surface area contributed by atoms with Crippen LogP contribution in [-0.4, -0.2) is 10.9 Å². The molecule has 0 aliphatic heterocycles. The molecular formula is C14H20O4.